The molecular weight excluding hydrogens is 410 g/mol. The summed E-state index contributed by atoms with van der Waals surface area (Å²) in [7, 11) is 0. The Morgan fingerprint density at radius 3 is 2.30 bits per heavy atom. The van der Waals surface area contributed by atoms with Crippen molar-refractivity contribution >= 4 is 28.9 Å². The molecule has 5 aliphatic rings. The van der Waals surface area contributed by atoms with Crippen molar-refractivity contribution in [1.29, 1.82) is 0 Å². The SMILES string of the molecule is Cc1ccc(Cn2cc(/C=N\N3C(=O)[C@@H]4[C@H]5C=C[C@@H]([C@@H]6C[C@@H]56)[C@@H]4C3=O)c3ccccc32)cc1. The van der Waals surface area contributed by atoms with Crippen LogP contribution in [0.1, 0.15) is 23.1 Å². The van der Waals surface area contributed by atoms with Gasteiger partial charge in [0, 0.05) is 29.2 Å². The van der Waals surface area contributed by atoms with Crippen molar-refractivity contribution in [2.45, 2.75) is 19.9 Å². The van der Waals surface area contributed by atoms with Crippen LogP contribution in [0.3, 0.4) is 0 Å². The maximum atomic E-state index is 13.2. The number of rotatable bonds is 4. The van der Waals surface area contributed by atoms with Gasteiger partial charge < -0.3 is 4.57 Å². The van der Waals surface area contributed by atoms with Crippen LogP contribution in [0.25, 0.3) is 10.9 Å². The highest BCUT2D eigenvalue weighted by atomic mass is 16.2. The fraction of sp³-hybridized carbons (Fsp3) is 0.321. The van der Waals surface area contributed by atoms with Gasteiger partial charge in [0.15, 0.2) is 0 Å². The van der Waals surface area contributed by atoms with Crippen LogP contribution >= 0.6 is 0 Å². The van der Waals surface area contributed by atoms with E-state index in [9.17, 15) is 9.59 Å². The second-order valence-electron chi connectivity index (χ2n) is 10.1. The first-order valence-corrected chi connectivity index (χ1v) is 11.8. The lowest BCUT2D eigenvalue weighted by Gasteiger charge is -2.37. The zero-order chi connectivity index (χ0) is 22.3. The quantitative estimate of drug-likeness (QED) is 0.347. The highest BCUT2D eigenvalue weighted by Crippen LogP contribution is 2.65. The van der Waals surface area contributed by atoms with Gasteiger partial charge in [-0.25, -0.2) is 0 Å². The number of allylic oxidation sites excluding steroid dienone is 2. The Morgan fingerprint density at radius 1 is 0.939 bits per heavy atom. The molecule has 3 fully saturated rings. The predicted octanol–water partition coefficient (Wildman–Crippen LogP) is 4.39. The minimum absolute atomic E-state index is 0.116. The number of aromatic nitrogens is 1. The summed E-state index contributed by atoms with van der Waals surface area (Å²) >= 11 is 0. The van der Waals surface area contributed by atoms with Crippen molar-refractivity contribution < 1.29 is 9.59 Å². The average Bonchev–Trinajstić information content (AvgIpc) is 3.54. The monoisotopic (exact) mass is 435 g/mol. The number of amides is 2. The zero-order valence-corrected chi connectivity index (χ0v) is 18.5. The molecule has 2 heterocycles. The van der Waals surface area contributed by atoms with Gasteiger partial charge in [-0.05, 0) is 48.6 Å². The second-order valence-corrected chi connectivity index (χ2v) is 10.1. The number of nitrogens with zero attached hydrogens (tertiary/aromatic N) is 3. The van der Waals surface area contributed by atoms with E-state index in [2.05, 4.69) is 71.3 Å². The Labute approximate surface area is 192 Å². The molecule has 2 bridgehead atoms. The van der Waals surface area contributed by atoms with Crippen molar-refractivity contribution in [3.63, 3.8) is 0 Å². The van der Waals surface area contributed by atoms with E-state index in [0.29, 0.717) is 11.8 Å². The van der Waals surface area contributed by atoms with Crippen LogP contribution in [-0.2, 0) is 16.1 Å². The topological polar surface area (TPSA) is 54.7 Å². The predicted molar refractivity (Wildman–Crippen MR) is 126 cm³/mol. The molecule has 0 N–H and O–H groups in total. The van der Waals surface area contributed by atoms with E-state index in [1.165, 1.54) is 22.6 Å². The minimum Gasteiger partial charge on any atom is -0.342 e. The summed E-state index contributed by atoms with van der Waals surface area (Å²) in [6.45, 7) is 2.84. The molecule has 0 spiro atoms. The minimum atomic E-state index is -0.212. The van der Waals surface area contributed by atoms with Crippen molar-refractivity contribution in [1.82, 2.24) is 9.58 Å². The van der Waals surface area contributed by atoms with Gasteiger partial charge in [0.25, 0.3) is 11.8 Å². The van der Waals surface area contributed by atoms with Crippen LogP contribution < -0.4 is 0 Å². The largest absolute Gasteiger partial charge is 0.342 e. The van der Waals surface area contributed by atoms with Gasteiger partial charge in [-0.1, -0.05) is 60.2 Å². The maximum Gasteiger partial charge on any atom is 0.254 e. The highest BCUT2D eigenvalue weighted by molar-refractivity contribution is 6.07. The lowest BCUT2D eigenvalue weighted by molar-refractivity contribution is -0.140. The normalized spacial score (nSPS) is 31.6. The number of para-hydroxylation sites is 1. The van der Waals surface area contributed by atoms with E-state index in [4.69, 9.17) is 0 Å². The molecule has 33 heavy (non-hydrogen) atoms. The summed E-state index contributed by atoms with van der Waals surface area (Å²) in [4.78, 5) is 26.4. The summed E-state index contributed by atoms with van der Waals surface area (Å²) in [5.74, 6) is 0.982. The summed E-state index contributed by atoms with van der Waals surface area (Å²) in [6.07, 6.45) is 9.30. The Kier molecular flexibility index (Phi) is 3.90. The molecule has 2 amide bonds. The van der Waals surface area contributed by atoms with Crippen molar-refractivity contribution in [3.05, 3.63) is 83.6 Å². The Morgan fingerprint density at radius 2 is 1.61 bits per heavy atom. The van der Waals surface area contributed by atoms with E-state index < -0.39 is 0 Å². The van der Waals surface area contributed by atoms with Crippen molar-refractivity contribution in [2.24, 2.45) is 40.6 Å². The van der Waals surface area contributed by atoms with Crippen molar-refractivity contribution in [3.8, 4) is 0 Å². The number of imide groups is 1. The molecule has 1 aliphatic heterocycles. The highest BCUT2D eigenvalue weighted by Gasteiger charge is 2.67. The third-order valence-electron chi connectivity index (χ3n) is 8.24. The van der Waals surface area contributed by atoms with Crippen LogP contribution in [0.2, 0.25) is 0 Å². The number of benzene rings is 2. The van der Waals surface area contributed by atoms with Gasteiger partial charge in [0.05, 0.1) is 18.1 Å². The third-order valence-corrected chi connectivity index (χ3v) is 8.24. The first-order chi connectivity index (χ1) is 16.1. The smallest absolute Gasteiger partial charge is 0.254 e. The van der Waals surface area contributed by atoms with E-state index in [-0.39, 0.29) is 35.5 Å². The number of hydrazone groups is 1. The molecule has 2 aromatic carbocycles. The van der Waals surface area contributed by atoms with E-state index in [1.54, 1.807) is 6.21 Å². The maximum absolute atomic E-state index is 13.2. The third kappa shape index (κ3) is 2.74. The molecule has 3 aromatic rings. The molecular formula is C28H25N3O2. The fourth-order valence-corrected chi connectivity index (χ4v) is 6.57. The standard InChI is InChI=1S/C28H25N3O2/c1-16-6-8-17(9-7-16)14-30-15-18(19-4-2-3-5-24(19)30)13-29-31-27(32)25-20-10-11-21(23-12-22(20)23)26(25)28(31)33/h2-11,13,15,20-23,25-26H,12,14H2,1H3/b29-13-/t20-,21-,22-,23-,25-,26+/m0/s1. The summed E-state index contributed by atoms with van der Waals surface area (Å²) in [6, 6.07) is 16.7. The van der Waals surface area contributed by atoms with Gasteiger partial charge in [0.1, 0.15) is 0 Å². The Balaban J connectivity index is 1.20. The molecule has 164 valence electrons. The molecule has 4 aliphatic carbocycles. The van der Waals surface area contributed by atoms with Gasteiger partial charge in [-0.3, -0.25) is 9.59 Å². The number of aryl methyl sites for hydroxylation is 1. The molecule has 1 saturated heterocycles. The molecule has 8 rings (SSSR count). The zero-order valence-electron chi connectivity index (χ0n) is 18.5. The van der Waals surface area contributed by atoms with Crippen LogP contribution in [0.4, 0.5) is 0 Å². The van der Waals surface area contributed by atoms with Crippen LogP contribution in [-0.4, -0.2) is 27.6 Å². The number of hydrogen-bond donors (Lipinski definition) is 0. The molecule has 2 saturated carbocycles. The summed E-state index contributed by atoms with van der Waals surface area (Å²) in [5.41, 5.74) is 4.48. The first kappa shape index (κ1) is 19.0. The van der Waals surface area contributed by atoms with Gasteiger partial charge in [-0.2, -0.15) is 10.1 Å². The number of hydrogen-bond acceptors (Lipinski definition) is 3. The van der Waals surface area contributed by atoms with E-state index >= 15 is 0 Å². The molecule has 1 aromatic heterocycles. The Bertz CT molecular complexity index is 1330. The van der Waals surface area contributed by atoms with E-state index in [1.807, 2.05) is 12.1 Å². The fourth-order valence-electron chi connectivity index (χ4n) is 6.57. The molecule has 0 unspecified atom stereocenters. The van der Waals surface area contributed by atoms with Crippen LogP contribution in [0, 0.1) is 42.4 Å². The Hall–Kier alpha value is -3.47. The average molecular weight is 436 g/mol. The number of carbonyl (C=O) groups is 2. The van der Waals surface area contributed by atoms with Crippen LogP contribution in [0.5, 0.6) is 0 Å². The van der Waals surface area contributed by atoms with Gasteiger partial charge in [-0.15, -0.1) is 0 Å². The summed E-state index contributed by atoms with van der Waals surface area (Å²) in [5, 5.41) is 6.70. The number of carbonyl (C=O) groups excluding carboxylic acids is 2. The molecule has 6 atom stereocenters. The molecule has 5 nitrogen and oxygen atoms in total. The first-order valence-electron chi connectivity index (χ1n) is 11.8. The number of fused-ring (bicyclic) bond motifs is 1. The second kappa shape index (κ2) is 6.77. The van der Waals surface area contributed by atoms with E-state index in [0.717, 1.165) is 23.0 Å². The summed E-state index contributed by atoms with van der Waals surface area (Å²) < 4.78 is 2.20. The van der Waals surface area contributed by atoms with Gasteiger partial charge >= 0.3 is 0 Å². The lowest BCUT2D eigenvalue weighted by Crippen LogP contribution is -2.40. The van der Waals surface area contributed by atoms with Crippen molar-refractivity contribution in [2.75, 3.05) is 0 Å². The van der Waals surface area contributed by atoms with Gasteiger partial charge in [0.2, 0.25) is 0 Å². The molecule has 0 radical (unpaired) electrons. The van der Waals surface area contributed by atoms with Crippen LogP contribution in [0.15, 0.2) is 72.0 Å². The molecule has 5 heteroatoms. The lowest BCUT2D eigenvalue weighted by atomic mass is 9.63.